The number of carbonyl (C=O) groups excluding carboxylic acids is 1. The van der Waals surface area contributed by atoms with Gasteiger partial charge in [-0.25, -0.2) is 19.3 Å². The van der Waals surface area contributed by atoms with Gasteiger partial charge >= 0.3 is 12.3 Å². The zero-order chi connectivity index (χ0) is 24.9. The fourth-order valence-electron chi connectivity index (χ4n) is 4.22. The van der Waals surface area contributed by atoms with Crippen LogP contribution >= 0.6 is 0 Å². The van der Waals surface area contributed by atoms with Gasteiger partial charge in [-0.3, -0.25) is 4.68 Å². The van der Waals surface area contributed by atoms with E-state index < -0.39 is 17.8 Å². The Labute approximate surface area is 197 Å². The molecule has 1 amide bonds. The largest absolute Gasteiger partial charge is 0.453 e. The molecule has 3 aromatic heterocycles. The molecule has 1 aliphatic rings. The number of aryl methyl sites for hydroxylation is 2. The Morgan fingerprint density at radius 2 is 1.89 bits per heavy atom. The zero-order valence-electron chi connectivity index (χ0n) is 19.0. The Morgan fingerprint density at radius 3 is 2.54 bits per heavy atom. The highest BCUT2D eigenvalue weighted by Crippen LogP contribution is 2.38. The number of hydrogen-bond donors (Lipinski definition) is 1. The highest BCUT2D eigenvalue weighted by molar-refractivity contribution is 5.92. The van der Waals surface area contributed by atoms with E-state index in [-0.39, 0.29) is 6.04 Å². The van der Waals surface area contributed by atoms with Gasteiger partial charge in [0.25, 0.3) is 0 Å². The topological polar surface area (TPSA) is 102 Å². The van der Waals surface area contributed by atoms with Crippen LogP contribution in [0.1, 0.15) is 11.4 Å². The number of methoxy groups -OCH3 is 1. The lowest BCUT2D eigenvalue weighted by atomic mass is 10.0. The second-order valence-electron chi connectivity index (χ2n) is 8.20. The van der Waals surface area contributed by atoms with Crippen molar-refractivity contribution in [2.24, 2.45) is 7.05 Å². The molecule has 13 heteroatoms. The quantitative estimate of drug-likeness (QED) is 0.473. The van der Waals surface area contributed by atoms with E-state index in [2.05, 4.69) is 25.2 Å². The van der Waals surface area contributed by atoms with Gasteiger partial charge in [0.2, 0.25) is 0 Å². The van der Waals surface area contributed by atoms with Crippen LogP contribution in [0.5, 0.6) is 0 Å². The van der Waals surface area contributed by atoms with Crippen LogP contribution < -0.4 is 10.2 Å². The Morgan fingerprint density at radius 1 is 1.17 bits per heavy atom. The van der Waals surface area contributed by atoms with Crippen molar-refractivity contribution in [1.29, 1.82) is 0 Å². The van der Waals surface area contributed by atoms with Crippen LogP contribution in [-0.2, 0) is 18.0 Å². The normalized spacial score (nSPS) is 14.3. The maximum absolute atomic E-state index is 13.1. The number of hydrogen-bond acceptors (Lipinski definition) is 7. The number of alkyl carbamates (subject to hydrolysis) is 1. The van der Waals surface area contributed by atoms with Crippen molar-refractivity contribution in [2.45, 2.75) is 19.1 Å². The van der Waals surface area contributed by atoms with Gasteiger partial charge in [0.05, 0.1) is 30.6 Å². The zero-order valence-corrected chi connectivity index (χ0v) is 19.0. The van der Waals surface area contributed by atoms with Crippen molar-refractivity contribution in [3.05, 3.63) is 48.2 Å². The number of alkyl halides is 3. The van der Waals surface area contributed by atoms with E-state index >= 15 is 0 Å². The third-order valence-corrected chi connectivity index (χ3v) is 5.94. The number of imidazole rings is 1. The van der Waals surface area contributed by atoms with Gasteiger partial charge < -0.3 is 15.0 Å². The number of nitrogens with one attached hydrogen (secondary N) is 1. The number of fused-ring (bicyclic) bond motifs is 1. The molecule has 1 N–H and O–H groups in total. The van der Waals surface area contributed by atoms with Crippen LogP contribution in [0.2, 0.25) is 0 Å². The van der Waals surface area contributed by atoms with Crippen LogP contribution in [0.25, 0.3) is 28.0 Å². The Bertz CT molecular complexity index is 1400. The molecular formula is C22H21F3N8O2. The van der Waals surface area contributed by atoms with E-state index in [4.69, 9.17) is 4.98 Å². The third kappa shape index (κ3) is 3.92. The molecule has 1 aliphatic heterocycles. The second kappa shape index (κ2) is 8.25. The maximum atomic E-state index is 13.1. The van der Waals surface area contributed by atoms with Crippen molar-refractivity contribution in [2.75, 3.05) is 25.1 Å². The van der Waals surface area contributed by atoms with Crippen LogP contribution in [0.4, 0.5) is 23.8 Å². The number of halogens is 3. The Hall–Kier alpha value is -4.16. The molecule has 0 unspecified atom stereocenters. The van der Waals surface area contributed by atoms with E-state index in [1.165, 1.54) is 25.6 Å². The molecule has 10 nitrogen and oxygen atoms in total. The van der Waals surface area contributed by atoms with Gasteiger partial charge in [-0.2, -0.15) is 23.4 Å². The van der Waals surface area contributed by atoms with Crippen molar-refractivity contribution in [3.8, 4) is 22.5 Å². The number of benzene rings is 1. The molecule has 35 heavy (non-hydrogen) atoms. The predicted molar refractivity (Wildman–Crippen MR) is 120 cm³/mol. The standard InChI is InChI=1S/C22H21F3N8O2/c1-12-29-17(16-8-27-31(2)18(16)13-4-6-14(7-5-13)22(23,24)25)19-20(26-11-28-33(12)19)32-9-15(10-32)30-21(34)35-3/h4-8,11,15H,9-10H2,1-3H3,(H,30,34). The first kappa shape index (κ1) is 22.6. The highest BCUT2D eigenvalue weighted by Gasteiger charge is 2.33. The summed E-state index contributed by atoms with van der Waals surface area (Å²) in [5, 5.41) is 11.4. The van der Waals surface area contributed by atoms with Crippen molar-refractivity contribution < 1.29 is 22.7 Å². The summed E-state index contributed by atoms with van der Waals surface area (Å²) in [6.07, 6.45) is -1.86. The average molecular weight is 486 g/mol. The molecule has 0 saturated carbocycles. The number of aromatic nitrogens is 6. The highest BCUT2D eigenvalue weighted by atomic mass is 19.4. The number of rotatable bonds is 4. The number of anilines is 1. The number of carbonyl (C=O) groups is 1. The molecule has 1 aromatic carbocycles. The first-order chi connectivity index (χ1) is 16.7. The van der Waals surface area contributed by atoms with E-state index in [0.29, 0.717) is 52.8 Å². The van der Waals surface area contributed by atoms with Crippen LogP contribution in [0.3, 0.4) is 0 Å². The number of ether oxygens (including phenoxy) is 1. The van der Waals surface area contributed by atoms with E-state index in [1.807, 2.05) is 4.90 Å². The number of amides is 1. The molecule has 0 bridgehead atoms. The smallest absolute Gasteiger partial charge is 0.416 e. The summed E-state index contributed by atoms with van der Waals surface area (Å²) < 4.78 is 47.1. The van der Waals surface area contributed by atoms with E-state index in [1.54, 1.807) is 29.4 Å². The molecule has 0 spiro atoms. The molecule has 5 rings (SSSR count). The summed E-state index contributed by atoms with van der Waals surface area (Å²) in [7, 11) is 3.03. The fraction of sp³-hybridized carbons (Fsp3) is 0.318. The van der Waals surface area contributed by atoms with Gasteiger partial charge in [-0.05, 0) is 19.1 Å². The third-order valence-electron chi connectivity index (χ3n) is 5.94. The predicted octanol–water partition coefficient (Wildman–Crippen LogP) is 3.06. The Balaban J connectivity index is 1.56. The summed E-state index contributed by atoms with van der Waals surface area (Å²) in [5.41, 5.74) is 2.29. The molecule has 1 saturated heterocycles. The van der Waals surface area contributed by atoms with Crippen molar-refractivity contribution in [1.82, 2.24) is 34.7 Å². The average Bonchev–Trinajstić information content (AvgIpc) is 3.35. The molecule has 1 fully saturated rings. The minimum absolute atomic E-state index is 0.0916. The molecule has 0 atom stereocenters. The lowest BCUT2D eigenvalue weighted by molar-refractivity contribution is -0.137. The summed E-state index contributed by atoms with van der Waals surface area (Å²) in [6.45, 7) is 2.84. The van der Waals surface area contributed by atoms with Gasteiger partial charge in [0.1, 0.15) is 23.4 Å². The fourth-order valence-corrected chi connectivity index (χ4v) is 4.22. The van der Waals surface area contributed by atoms with Crippen LogP contribution in [0, 0.1) is 6.92 Å². The second-order valence-corrected chi connectivity index (χ2v) is 8.20. The monoisotopic (exact) mass is 486 g/mol. The van der Waals surface area contributed by atoms with Crippen molar-refractivity contribution >= 4 is 17.4 Å². The van der Waals surface area contributed by atoms with Gasteiger partial charge in [0.15, 0.2) is 5.82 Å². The van der Waals surface area contributed by atoms with Gasteiger partial charge in [-0.15, -0.1) is 0 Å². The summed E-state index contributed by atoms with van der Waals surface area (Å²) in [4.78, 5) is 22.7. The first-order valence-electron chi connectivity index (χ1n) is 10.7. The lowest BCUT2D eigenvalue weighted by Gasteiger charge is -2.40. The minimum atomic E-state index is -4.42. The van der Waals surface area contributed by atoms with Crippen LogP contribution in [-0.4, -0.2) is 61.7 Å². The summed E-state index contributed by atoms with van der Waals surface area (Å²) in [5.74, 6) is 1.24. The molecular weight excluding hydrogens is 465 g/mol. The molecule has 4 heterocycles. The maximum Gasteiger partial charge on any atom is 0.416 e. The molecule has 0 aliphatic carbocycles. The summed E-state index contributed by atoms with van der Waals surface area (Å²) in [6, 6.07) is 4.85. The molecule has 0 radical (unpaired) electrons. The first-order valence-corrected chi connectivity index (χ1v) is 10.7. The Kier molecular flexibility index (Phi) is 5.33. The summed E-state index contributed by atoms with van der Waals surface area (Å²) >= 11 is 0. The SMILES string of the molecule is COC(=O)NC1CN(c2ncnn3c(C)nc(-c4cnn(C)c4-c4ccc(C(F)(F)F)cc4)c23)C1. The minimum Gasteiger partial charge on any atom is -0.453 e. The van der Waals surface area contributed by atoms with Gasteiger partial charge in [-0.1, -0.05) is 12.1 Å². The number of nitrogens with zero attached hydrogens (tertiary/aromatic N) is 7. The lowest BCUT2D eigenvalue weighted by Crippen LogP contribution is -2.59. The van der Waals surface area contributed by atoms with Crippen molar-refractivity contribution in [3.63, 3.8) is 0 Å². The molecule has 4 aromatic rings. The molecule has 182 valence electrons. The van der Waals surface area contributed by atoms with E-state index in [0.717, 1.165) is 12.1 Å². The van der Waals surface area contributed by atoms with E-state index in [9.17, 15) is 18.0 Å². The van der Waals surface area contributed by atoms with Gasteiger partial charge in [0, 0.05) is 31.3 Å². The van der Waals surface area contributed by atoms with Crippen LogP contribution in [0.15, 0.2) is 36.8 Å².